The van der Waals surface area contributed by atoms with E-state index in [0.717, 1.165) is 24.9 Å². The highest BCUT2D eigenvalue weighted by molar-refractivity contribution is 6.09. The molecular formula is C20H29N3O2. The van der Waals surface area contributed by atoms with Crippen LogP contribution in [0.4, 0.5) is 5.69 Å². The van der Waals surface area contributed by atoms with E-state index in [9.17, 15) is 9.59 Å². The Morgan fingerprint density at radius 3 is 2.56 bits per heavy atom. The van der Waals surface area contributed by atoms with Crippen LogP contribution >= 0.6 is 0 Å². The number of aryl methyl sites for hydroxylation is 2. The first kappa shape index (κ1) is 17.9. The van der Waals surface area contributed by atoms with Gasteiger partial charge >= 0.3 is 0 Å². The molecule has 1 heterocycles. The minimum Gasteiger partial charge on any atom is -0.353 e. The van der Waals surface area contributed by atoms with E-state index in [1.54, 1.807) is 4.90 Å². The van der Waals surface area contributed by atoms with Crippen LogP contribution in [0.5, 0.6) is 0 Å². The zero-order valence-electron chi connectivity index (χ0n) is 15.7. The van der Waals surface area contributed by atoms with Crippen molar-refractivity contribution in [3.63, 3.8) is 0 Å². The number of carbonyl (C=O) groups excluding carboxylic acids is 2. The molecule has 3 rings (SSSR count). The lowest BCUT2D eigenvalue weighted by molar-refractivity contribution is -0.132. The van der Waals surface area contributed by atoms with E-state index in [4.69, 9.17) is 0 Å². The van der Waals surface area contributed by atoms with Crippen LogP contribution in [0.2, 0.25) is 0 Å². The Labute approximate surface area is 150 Å². The van der Waals surface area contributed by atoms with Gasteiger partial charge in [0, 0.05) is 24.3 Å². The van der Waals surface area contributed by atoms with Gasteiger partial charge in [0.1, 0.15) is 5.92 Å². The SMILES string of the molecule is Cc1ccc(N2CC[C@H](C(=O)N[C@@H]3CC[C@@H](N(C)C)C3)C2=O)cc1C. The van der Waals surface area contributed by atoms with E-state index < -0.39 is 5.92 Å². The van der Waals surface area contributed by atoms with Crippen molar-refractivity contribution < 1.29 is 9.59 Å². The molecule has 1 aliphatic heterocycles. The summed E-state index contributed by atoms with van der Waals surface area (Å²) in [5.74, 6) is -0.705. The molecule has 25 heavy (non-hydrogen) atoms. The quantitative estimate of drug-likeness (QED) is 0.853. The van der Waals surface area contributed by atoms with Crippen LogP contribution < -0.4 is 10.2 Å². The molecule has 5 heteroatoms. The van der Waals surface area contributed by atoms with E-state index in [0.29, 0.717) is 19.0 Å². The van der Waals surface area contributed by atoms with Crippen molar-refractivity contribution in [1.82, 2.24) is 10.2 Å². The molecule has 1 aromatic carbocycles. The number of hydrogen-bond acceptors (Lipinski definition) is 3. The van der Waals surface area contributed by atoms with Gasteiger partial charge in [-0.05, 0) is 76.9 Å². The lowest BCUT2D eigenvalue weighted by atomic mass is 10.1. The maximum atomic E-state index is 12.7. The zero-order valence-corrected chi connectivity index (χ0v) is 15.7. The van der Waals surface area contributed by atoms with E-state index in [1.807, 2.05) is 25.1 Å². The van der Waals surface area contributed by atoms with Gasteiger partial charge in [-0.15, -0.1) is 0 Å². The number of anilines is 1. The highest BCUT2D eigenvalue weighted by Gasteiger charge is 2.39. The predicted molar refractivity (Wildman–Crippen MR) is 99.6 cm³/mol. The molecule has 1 aliphatic carbocycles. The normalized spacial score (nSPS) is 26.5. The Kier molecular flexibility index (Phi) is 5.13. The van der Waals surface area contributed by atoms with E-state index >= 15 is 0 Å². The number of carbonyl (C=O) groups is 2. The molecule has 0 aromatic heterocycles. The van der Waals surface area contributed by atoms with Gasteiger partial charge in [0.05, 0.1) is 0 Å². The zero-order chi connectivity index (χ0) is 18.1. The van der Waals surface area contributed by atoms with Crippen molar-refractivity contribution in [1.29, 1.82) is 0 Å². The summed E-state index contributed by atoms with van der Waals surface area (Å²) in [6, 6.07) is 6.76. The van der Waals surface area contributed by atoms with Gasteiger partial charge in [-0.2, -0.15) is 0 Å². The molecule has 1 saturated carbocycles. The van der Waals surface area contributed by atoms with Gasteiger partial charge in [0.2, 0.25) is 11.8 Å². The van der Waals surface area contributed by atoms with Crippen LogP contribution in [0, 0.1) is 19.8 Å². The topological polar surface area (TPSA) is 52.7 Å². The molecule has 5 nitrogen and oxygen atoms in total. The molecule has 136 valence electrons. The summed E-state index contributed by atoms with van der Waals surface area (Å²) in [7, 11) is 4.16. The second-order valence-electron chi connectivity index (χ2n) is 7.74. The number of rotatable bonds is 4. The van der Waals surface area contributed by atoms with Crippen molar-refractivity contribution in [2.45, 2.75) is 51.6 Å². The molecule has 1 aromatic rings. The number of hydrogen-bond donors (Lipinski definition) is 1. The summed E-state index contributed by atoms with van der Waals surface area (Å²) in [4.78, 5) is 29.3. The van der Waals surface area contributed by atoms with Crippen molar-refractivity contribution >= 4 is 17.5 Å². The molecule has 1 saturated heterocycles. The first-order chi connectivity index (χ1) is 11.9. The lowest BCUT2D eigenvalue weighted by Crippen LogP contribution is -2.41. The predicted octanol–water partition coefficient (Wildman–Crippen LogP) is 2.26. The first-order valence-electron chi connectivity index (χ1n) is 9.22. The third-order valence-corrected chi connectivity index (χ3v) is 5.81. The minimum atomic E-state index is -0.542. The molecule has 0 spiro atoms. The Morgan fingerprint density at radius 1 is 1.16 bits per heavy atom. The van der Waals surface area contributed by atoms with Gasteiger partial charge in [-0.3, -0.25) is 9.59 Å². The summed E-state index contributed by atoms with van der Waals surface area (Å²) in [6.07, 6.45) is 3.67. The van der Waals surface area contributed by atoms with Crippen LogP contribution in [0.15, 0.2) is 18.2 Å². The number of amides is 2. The fourth-order valence-corrected chi connectivity index (χ4v) is 3.93. The van der Waals surface area contributed by atoms with E-state index in [1.165, 1.54) is 11.1 Å². The van der Waals surface area contributed by atoms with Gasteiger partial charge in [0.25, 0.3) is 0 Å². The van der Waals surface area contributed by atoms with Gasteiger partial charge in [-0.25, -0.2) is 0 Å². The number of benzene rings is 1. The molecule has 0 radical (unpaired) electrons. The van der Waals surface area contributed by atoms with Crippen molar-refractivity contribution in [3.8, 4) is 0 Å². The van der Waals surface area contributed by atoms with Crippen LogP contribution in [-0.4, -0.2) is 49.4 Å². The summed E-state index contributed by atoms with van der Waals surface area (Å²) in [5, 5.41) is 3.12. The summed E-state index contributed by atoms with van der Waals surface area (Å²) < 4.78 is 0. The fourth-order valence-electron chi connectivity index (χ4n) is 3.93. The average Bonchev–Trinajstić information content (AvgIpc) is 3.17. The Bertz CT molecular complexity index is 671. The minimum absolute atomic E-state index is 0.0668. The fraction of sp³-hybridized carbons (Fsp3) is 0.600. The molecule has 0 bridgehead atoms. The highest BCUT2D eigenvalue weighted by atomic mass is 16.2. The van der Waals surface area contributed by atoms with Crippen LogP contribution in [0.1, 0.15) is 36.8 Å². The molecule has 2 amide bonds. The van der Waals surface area contributed by atoms with Crippen LogP contribution in [0.25, 0.3) is 0 Å². The van der Waals surface area contributed by atoms with Gasteiger partial charge in [-0.1, -0.05) is 6.07 Å². The number of nitrogens with zero attached hydrogens (tertiary/aromatic N) is 2. The molecule has 2 fully saturated rings. The van der Waals surface area contributed by atoms with Crippen molar-refractivity contribution in [3.05, 3.63) is 29.3 Å². The first-order valence-corrected chi connectivity index (χ1v) is 9.22. The van der Waals surface area contributed by atoms with E-state index in [-0.39, 0.29) is 17.9 Å². The van der Waals surface area contributed by atoms with Crippen LogP contribution in [0.3, 0.4) is 0 Å². The molecular weight excluding hydrogens is 314 g/mol. The maximum Gasteiger partial charge on any atom is 0.239 e. The largest absolute Gasteiger partial charge is 0.353 e. The third kappa shape index (κ3) is 3.71. The van der Waals surface area contributed by atoms with Crippen molar-refractivity contribution in [2.24, 2.45) is 5.92 Å². The summed E-state index contributed by atoms with van der Waals surface area (Å²) in [5.41, 5.74) is 3.28. The van der Waals surface area contributed by atoms with Gasteiger partial charge in [0.15, 0.2) is 0 Å². The summed E-state index contributed by atoms with van der Waals surface area (Å²) >= 11 is 0. The monoisotopic (exact) mass is 343 g/mol. The van der Waals surface area contributed by atoms with E-state index in [2.05, 4.69) is 31.2 Å². The second-order valence-corrected chi connectivity index (χ2v) is 7.74. The highest BCUT2D eigenvalue weighted by Crippen LogP contribution is 2.28. The summed E-state index contributed by atoms with van der Waals surface area (Å²) in [6.45, 7) is 4.72. The molecule has 0 unspecified atom stereocenters. The standard InChI is InChI=1S/C20H29N3O2/c1-13-5-7-17(11-14(13)2)23-10-9-18(20(23)25)19(24)21-15-6-8-16(12-15)22(3)4/h5,7,11,15-16,18H,6,8-10,12H2,1-4H3,(H,21,24)/t15-,16-,18-/m1/s1. The Morgan fingerprint density at radius 2 is 1.92 bits per heavy atom. The molecule has 3 atom stereocenters. The van der Waals surface area contributed by atoms with Crippen LogP contribution in [-0.2, 0) is 9.59 Å². The lowest BCUT2D eigenvalue weighted by Gasteiger charge is -2.20. The number of nitrogens with one attached hydrogen (secondary N) is 1. The average molecular weight is 343 g/mol. The second kappa shape index (κ2) is 7.16. The Hall–Kier alpha value is -1.88. The smallest absolute Gasteiger partial charge is 0.239 e. The molecule has 2 aliphatic rings. The maximum absolute atomic E-state index is 12.7. The van der Waals surface area contributed by atoms with Crippen molar-refractivity contribution in [2.75, 3.05) is 25.5 Å². The molecule has 1 N–H and O–H groups in total. The third-order valence-electron chi connectivity index (χ3n) is 5.81. The van der Waals surface area contributed by atoms with Gasteiger partial charge < -0.3 is 15.1 Å². The Balaban J connectivity index is 1.61.